The van der Waals surface area contributed by atoms with E-state index < -0.39 is 0 Å². The molecule has 0 saturated carbocycles. The Balaban J connectivity index is 2.68. The third-order valence-corrected chi connectivity index (χ3v) is 3.22. The molecule has 0 heteroatoms. The molecule has 0 N–H and O–H groups in total. The minimum absolute atomic E-state index is 0.804. The highest BCUT2D eigenvalue weighted by molar-refractivity contribution is 5.09. The molecule has 3 unspecified atom stereocenters. The largest absolute Gasteiger partial charge is 0.0822 e. The van der Waals surface area contributed by atoms with Crippen LogP contribution in [0.2, 0.25) is 0 Å². The molecular formula is C11H20. The molecule has 0 fully saturated rings. The van der Waals surface area contributed by atoms with Gasteiger partial charge in [0.25, 0.3) is 0 Å². The molecule has 3 atom stereocenters. The summed E-state index contributed by atoms with van der Waals surface area (Å²) in [7, 11) is 0. The van der Waals surface area contributed by atoms with Crippen LogP contribution >= 0.6 is 0 Å². The lowest BCUT2D eigenvalue weighted by Crippen LogP contribution is -2.18. The zero-order chi connectivity index (χ0) is 8.43. The maximum absolute atomic E-state index is 2.46. The lowest BCUT2D eigenvalue weighted by molar-refractivity contribution is 0.332. The lowest BCUT2D eigenvalue weighted by atomic mass is 9.76. The molecular weight excluding hydrogens is 132 g/mol. The fraction of sp³-hybridized carbons (Fsp3) is 0.818. The Hall–Kier alpha value is -0.260. The second-order valence-electron chi connectivity index (χ2n) is 4.09. The molecule has 64 valence electrons. The summed E-state index contributed by atoms with van der Waals surface area (Å²) in [6.07, 6.45) is 5.18. The number of allylic oxidation sites excluding steroid dienone is 2. The molecule has 0 bridgehead atoms. The minimum Gasteiger partial charge on any atom is -0.0822 e. The molecule has 0 spiro atoms. The maximum Gasteiger partial charge on any atom is -0.0206 e. The van der Waals surface area contributed by atoms with Gasteiger partial charge < -0.3 is 0 Å². The SMILES string of the molecule is CCC1CC(C)C(C)C=C1C. The van der Waals surface area contributed by atoms with Gasteiger partial charge >= 0.3 is 0 Å². The van der Waals surface area contributed by atoms with Crippen LogP contribution in [0.4, 0.5) is 0 Å². The summed E-state index contributed by atoms with van der Waals surface area (Å²) in [6, 6.07) is 0. The Labute approximate surface area is 70.7 Å². The first-order valence-corrected chi connectivity index (χ1v) is 4.83. The smallest absolute Gasteiger partial charge is 0.0206 e. The van der Waals surface area contributed by atoms with E-state index in [1.54, 1.807) is 5.57 Å². The summed E-state index contributed by atoms with van der Waals surface area (Å²) in [4.78, 5) is 0. The van der Waals surface area contributed by atoms with Crippen molar-refractivity contribution in [3.63, 3.8) is 0 Å². The Kier molecular flexibility index (Phi) is 2.75. The van der Waals surface area contributed by atoms with Crippen molar-refractivity contribution in [2.75, 3.05) is 0 Å². The van der Waals surface area contributed by atoms with E-state index in [4.69, 9.17) is 0 Å². The normalized spacial score (nSPS) is 38.5. The molecule has 1 aliphatic carbocycles. The average Bonchev–Trinajstić information content (AvgIpc) is 1.97. The molecule has 0 nitrogen and oxygen atoms in total. The van der Waals surface area contributed by atoms with Gasteiger partial charge in [0.2, 0.25) is 0 Å². The number of hydrogen-bond donors (Lipinski definition) is 0. The van der Waals surface area contributed by atoms with Crippen molar-refractivity contribution in [1.82, 2.24) is 0 Å². The van der Waals surface area contributed by atoms with Gasteiger partial charge in [-0.2, -0.15) is 0 Å². The van der Waals surface area contributed by atoms with Gasteiger partial charge in [-0.3, -0.25) is 0 Å². The topological polar surface area (TPSA) is 0 Å². The Bertz CT molecular complexity index is 155. The zero-order valence-corrected chi connectivity index (χ0v) is 8.22. The molecule has 1 aliphatic rings. The van der Waals surface area contributed by atoms with Crippen molar-refractivity contribution in [3.8, 4) is 0 Å². The van der Waals surface area contributed by atoms with Crippen LogP contribution in [0.25, 0.3) is 0 Å². The Morgan fingerprint density at radius 1 is 1.45 bits per heavy atom. The maximum atomic E-state index is 2.46. The Morgan fingerprint density at radius 2 is 2.09 bits per heavy atom. The van der Waals surface area contributed by atoms with E-state index in [0.717, 1.165) is 17.8 Å². The second-order valence-corrected chi connectivity index (χ2v) is 4.09. The fourth-order valence-electron chi connectivity index (χ4n) is 2.05. The van der Waals surface area contributed by atoms with Crippen molar-refractivity contribution in [3.05, 3.63) is 11.6 Å². The second kappa shape index (κ2) is 3.42. The minimum atomic E-state index is 0.804. The molecule has 11 heavy (non-hydrogen) atoms. The van der Waals surface area contributed by atoms with Gasteiger partial charge in [-0.05, 0) is 37.5 Å². The third-order valence-electron chi connectivity index (χ3n) is 3.22. The van der Waals surface area contributed by atoms with Crippen LogP contribution in [0.5, 0.6) is 0 Å². The third kappa shape index (κ3) is 1.85. The van der Waals surface area contributed by atoms with Gasteiger partial charge in [-0.1, -0.05) is 32.4 Å². The quantitative estimate of drug-likeness (QED) is 0.503. The summed E-state index contributed by atoms with van der Waals surface area (Å²) < 4.78 is 0. The van der Waals surface area contributed by atoms with Crippen LogP contribution in [0.3, 0.4) is 0 Å². The van der Waals surface area contributed by atoms with E-state index in [0.29, 0.717) is 0 Å². The van der Waals surface area contributed by atoms with Crippen LogP contribution in [0.15, 0.2) is 11.6 Å². The summed E-state index contributed by atoms with van der Waals surface area (Å²) in [5, 5.41) is 0. The van der Waals surface area contributed by atoms with Crippen molar-refractivity contribution < 1.29 is 0 Å². The number of rotatable bonds is 1. The predicted octanol–water partition coefficient (Wildman–Crippen LogP) is 3.63. The first-order chi connectivity index (χ1) is 5.15. The van der Waals surface area contributed by atoms with Gasteiger partial charge in [0.1, 0.15) is 0 Å². The van der Waals surface area contributed by atoms with Gasteiger partial charge in [-0.15, -0.1) is 0 Å². The van der Waals surface area contributed by atoms with Crippen molar-refractivity contribution >= 4 is 0 Å². The van der Waals surface area contributed by atoms with Crippen LogP contribution in [-0.2, 0) is 0 Å². The molecule has 0 amide bonds. The fourth-order valence-corrected chi connectivity index (χ4v) is 2.05. The van der Waals surface area contributed by atoms with Crippen molar-refractivity contribution in [1.29, 1.82) is 0 Å². The number of hydrogen-bond acceptors (Lipinski definition) is 0. The summed E-state index contributed by atoms with van der Waals surface area (Å²) in [5.74, 6) is 2.57. The van der Waals surface area contributed by atoms with Gasteiger partial charge in [0.15, 0.2) is 0 Å². The summed E-state index contributed by atoms with van der Waals surface area (Å²) in [6.45, 7) is 9.29. The highest BCUT2D eigenvalue weighted by Crippen LogP contribution is 2.33. The monoisotopic (exact) mass is 152 g/mol. The van der Waals surface area contributed by atoms with Crippen LogP contribution in [0, 0.1) is 17.8 Å². The Morgan fingerprint density at radius 3 is 2.64 bits per heavy atom. The molecule has 0 aliphatic heterocycles. The zero-order valence-electron chi connectivity index (χ0n) is 8.22. The predicted molar refractivity (Wildman–Crippen MR) is 50.5 cm³/mol. The molecule has 0 saturated heterocycles. The lowest BCUT2D eigenvalue weighted by Gasteiger charge is -2.29. The van der Waals surface area contributed by atoms with Gasteiger partial charge in [0.05, 0.1) is 0 Å². The van der Waals surface area contributed by atoms with Gasteiger partial charge in [0, 0.05) is 0 Å². The van der Waals surface area contributed by atoms with E-state index in [9.17, 15) is 0 Å². The van der Waals surface area contributed by atoms with Gasteiger partial charge in [-0.25, -0.2) is 0 Å². The molecule has 0 heterocycles. The van der Waals surface area contributed by atoms with E-state index >= 15 is 0 Å². The first kappa shape index (κ1) is 8.83. The van der Waals surface area contributed by atoms with Crippen molar-refractivity contribution in [2.45, 2.75) is 40.5 Å². The molecule has 0 aromatic heterocycles. The molecule has 0 aromatic carbocycles. The average molecular weight is 152 g/mol. The van der Waals surface area contributed by atoms with Crippen LogP contribution < -0.4 is 0 Å². The standard InChI is InChI=1S/C11H20/c1-5-11-7-9(3)8(2)6-10(11)4/h6,8-9,11H,5,7H2,1-4H3. The highest BCUT2D eigenvalue weighted by atomic mass is 14.3. The van der Waals surface area contributed by atoms with Crippen LogP contribution in [-0.4, -0.2) is 0 Å². The summed E-state index contributed by atoms with van der Waals surface area (Å²) >= 11 is 0. The first-order valence-electron chi connectivity index (χ1n) is 4.83. The summed E-state index contributed by atoms with van der Waals surface area (Å²) in [5.41, 5.74) is 1.62. The molecule has 0 radical (unpaired) electrons. The van der Waals surface area contributed by atoms with Crippen molar-refractivity contribution in [2.24, 2.45) is 17.8 Å². The van der Waals surface area contributed by atoms with Crippen LogP contribution in [0.1, 0.15) is 40.5 Å². The highest BCUT2D eigenvalue weighted by Gasteiger charge is 2.22. The molecule has 0 aromatic rings. The molecule has 1 rings (SSSR count). The van der Waals surface area contributed by atoms with E-state index in [2.05, 4.69) is 33.8 Å². The van der Waals surface area contributed by atoms with E-state index in [1.165, 1.54) is 12.8 Å². The van der Waals surface area contributed by atoms with E-state index in [1.807, 2.05) is 0 Å². The van der Waals surface area contributed by atoms with E-state index in [-0.39, 0.29) is 0 Å².